The van der Waals surface area contributed by atoms with Gasteiger partial charge in [-0.2, -0.15) is 0 Å². The summed E-state index contributed by atoms with van der Waals surface area (Å²) in [6, 6.07) is 9.58. The van der Waals surface area contributed by atoms with Gasteiger partial charge in [-0.1, -0.05) is 31.9 Å². The van der Waals surface area contributed by atoms with Crippen molar-refractivity contribution in [2.24, 2.45) is 5.92 Å². The fraction of sp³-hybridized carbons (Fsp3) is 0.625. The highest BCUT2D eigenvalue weighted by atomic mass is 15.0. The fourth-order valence-electron chi connectivity index (χ4n) is 2.87. The standard InChI is InChI=1S/C16H26N2/c1-13-5-4-6-16(11-13)17-15-9-7-14(8-10-15)12-18(2)3/h7-10,13,16-17H,4-6,11-12H2,1-3H3. The second-order valence-electron chi connectivity index (χ2n) is 6.05. The molecular weight excluding hydrogens is 220 g/mol. The highest BCUT2D eigenvalue weighted by molar-refractivity contribution is 5.45. The Bertz CT molecular complexity index is 356. The largest absolute Gasteiger partial charge is 0.382 e. The lowest BCUT2D eigenvalue weighted by Gasteiger charge is -2.28. The normalized spacial score (nSPS) is 24.2. The van der Waals surface area contributed by atoms with Crippen LogP contribution in [-0.2, 0) is 6.54 Å². The van der Waals surface area contributed by atoms with E-state index in [0.717, 1.165) is 12.5 Å². The second-order valence-corrected chi connectivity index (χ2v) is 6.05. The van der Waals surface area contributed by atoms with Crippen molar-refractivity contribution in [3.63, 3.8) is 0 Å². The Kier molecular flexibility index (Phi) is 4.65. The van der Waals surface area contributed by atoms with E-state index < -0.39 is 0 Å². The van der Waals surface area contributed by atoms with Crippen LogP contribution in [0.1, 0.15) is 38.2 Å². The number of hydrogen-bond donors (Lipinski definition) is 1. The van der Waals surface area contributed by atoms with Crippen LogP contribution in [0.2, 0.25) is 0 Å². The van der Waals surface area contributed by atoms with Crippen LogP contribution in [0.15, 0.2) is 24.3 Å². The summed E-state index contributed by atoms with van der Waals surface area (Å²) in [5.74, 6) is 0.879. The van der Waals surface area contributed by atoms with Crippen LogP contribution in [-0.4, -0.2) is 25.0 Å². The lowest BCUT2D eigenvalue weighted by atomic mass is 9.87. The van der Waals surface area contributed by atoms with E-state index in [1.165, 1.54) is 36.9 Å². The van der Waals surface area contributed by atoms with Crippen molar-refractivity contribution in [3.8, 4) is 0 Å². The van der Waals surface area contributed by atoms with Crippen LogP contribution >= 0.6 is 0 Å². The molecule has 100 valence electrons. The molecule has 0 spiro atoms. The number of rotatable bonds is 4. The molecule has 1 aliphatic carbocycles. The van der Waals surface area contributed by atoms with Gasteiger partial charge in [-0.05, 0) is 50.6 Å². The molecule has 1 aromatic rings. The first-order chi connectivity index (χ1) is 8.63. The van der Waals surface area contributed by atoms with Crippen molar-refractivity contribution >= 4 is 5.69 Å². The molecule has 0 heterocycles. The van der Waals surface area contributed by atoms with Crippen molar-refractivity contribution in [3.05, 3.63) is 29.8 Å². The molecule has 0 bridgehead atoms. The summed E-state index contributed by atoms with van der Waals surface area (Å²) in [5, 5.41) is 3.68. The maximum absolute atomic E-state index is 3.68. The van der Waals surface area contributed by atoms with Crippen molar-refractivity contribution in [1.82, 2.24) is 4.90 Å². The maximum atomic E-state index is 3.68. The zero-order chi connectivity index (χ0) is 13.0. The first-order valence-corrected chi connectivity index (χ1v) is 7.13. The summed E-state index contributed by atoms with van der Waals surface area (Å²) in [5.41, 5.74) is 2.65. The van der Waals surface area contributed by atoms with Crippen molar-refractivity contribution in [2.45, 2.75) is 45.2 Å². The summed E-state index contributed by atoms with van der Waals surface area (Å²) in [4.78, 5) is 2.20. The summed E-state index contributed by atoms with van der Waals surface area (Å²) in [7, 11) is 4.21. The van der Waals surface area contributed by atoms with Gasteiger partial charge >= 0.3 is 0 Å². The first-order valence-electron chi connectivity index (χ1n) is 7.13. The number of nitrogens with zero attached hydrogens (tertiary/aromatic N) is 1. The van der Waals surface area contributed by atoms with Gasteiger partial charge in [0.05, 0.1) is 0 Å². The van der Waals surface area contributed by atoms with E-state index in [2.05, 4.69) is 55.5 Å². The predicted octanol–water partition coefficient (Wildman–Crippen LogP) is 3.74. The molecule has 0 aromatic heterocycles. The number of hydrogen-bond acceptors (Lipinski definition) is 2. The molecule has 2 heteroatoms. The average molecular weight is 246 g/mol. The van der Waals surface area contributed by atoms with Gasteiger partial charge in [0.15, 0.2) is 0 Å². The molecular formula is C16H26N2. The van der Waals surface area contributed by atoms with E-state index in [-0.39, 0.29) is 0 Å². The minimum atomic E-state index is 0.674. The molecule has 1 aliphatic rings. The monoisotopic (exact) mass is 246 g/mol. The molecule has 2 rings (SSSR count). The van der Waals surface area contributed by atoms with Crippen LogP contribution in [0.5, 0.6) is 0 Å². The zero-order valence-corrected chi connectivity index (χ0v) is 11.9. The maximum Gasteiger partial charge on any atom is 0.0342 e. The van der Waals surface area contributed by atoms with E-state index >= 15 is 0 Å². The number of benzene rings is 1. The first kappa shape index (κ1) is 13.4. The Morgan fingerprint density at radius 3 is 2.50 bits per heavy atom. The van der Waals surface area contributed by atoms with E-state index in [4.69, 9.17) is 0 Å². The Labute approximate surface area is 111 Å². The van der Waals surface area contributed by atoms with Gasteiger partial charge in [0.25, 0.3) is 0 Å². The molecule has 2 unspecified atom stereocenters. The molecule has 0 amide bonds. The van der Waals surface area contributed by atoms with Crippen LogP contribution in [0.4, 0.5) is 5.69 Å². The van der Waals surface area contributed by atoms with Gasteiger partial charge in [0.1, 0.15) is 0 Å². The second kappa shape index (κ2) is 6.24. The van der Waals surface area contributed by atoms with Crippen LogP contribution in [0.25, 0.3) is 0 Å². The third kappa shape index (κ3) is 4.02. The lowest BCUT2D eigenvalue weighted by Crippen LogP contribution is -2.26. The molecule has 2 nitrogen and oxygen atoms in total. The van der Waals surface area contributed by atoms with Gasteiger partial charge in [-0.3, -0.25) is 0 Å². The highest BCUT2D eigenvalue weighted by Gasteiger charge is 2.18. The molecule has 1 fully saturated rings. The quantitative estimate of drug-likeness (QED) is 0.870. The van der Waals surface area contributed by atoms with Crippen molar-refractivity contribution < 1.29 is 0 Å². The molecule has 1 N–H and O–H groups in total. The van der Waals surface area contributed by atoms with Crippen LogP contribution < -0.4 is 5.32 Å². The number of nitrogens with one attached hydrogen (secondary N) is 1. The Morgan fingerprint density at radius 2 is 1.89 bits per heavy atom. The van der Waals surface area contributed by atoms with Crippen LogP contribution in [0.3, 0.4) is 0 Å². The lowest BCUT2D eigenvalue weighted by molar-refractivity contribution is 0.358. The van der Waals surface area contributed by atoms with Gasteiger partial charge in [-0.15, -0.1) is 0 Å². The van der Waals surface area contributed by atoms with Crippen LogP contribution in [0, 0.1) is 5.92 Å². The van der Waals surface area contributed by atoms with Gasteiger partial charge in [0.2, 0.25) is 0 Å². The summed E-state index contributed by atoms with van der Waals surface area (Å²) in [6.07, 6.45) is 5.42. The topological polar surface area (TPSA) is 15.3 Å². The van der Waals surface area contributed by atoms with Crippen molar-refractivity contribution in [2.75, 3.05) is 19.4 Å². The Balaban J connectivity index is 1.89. The smallest absolute Gasteiger partial charge is 0.0342 e. The third-order valence-electron chi connectivity index (χ3n) is 3.76. The predicted molar refractivity (Wildman–Crippen MR) is 78.9 cm³/mol. The highest BCUT2D eigenvalue weighted by Crippen LogP contribution is 2.26. The SMILES string of the molecule is CC1CCCC(Nc2ccc(CN(C)C)cc2)C1. The molecule has 0 saturated heterocycles. The minimum absolute atomic E-state index is 0.674. The van der Waals surface area contributed by atoms with Crippen molar-refractivity contribution in [1.29, 1.82) is 0 Å². The van der Waals surface area contributed by atoms with Gasteiger partial charge < -0.3 is 10.2 Å². The van der Waals surface area contributed by atoms with E-state index in [0.29, 0.717) is 6.04 Å². The van der Waals surface area contributed by atoms with Gasteiger partial charge in [0, 0.05) is 18.3 Å². The molecule has 0 aliphatic heterocycles. The average Bonchev–Trinajstić information content (AvgIpc) is 2.31. The Hall–Kier alpha value is -1.02. The molecule has 18 heavy (non-hydrogen) atoms. The van der Waals surface area contributed by atoms with E-state index in [1.54, 1.807) is 0 Å². The van der Waals surface area contributed by atoms with Gasteiger partial charge in [-0.25, -0.2) is 0 Å². The fourth-order valence-corrected chi connectivity index (χ4v) is 2.87. The molecule has 0 radical (unpaired) electrons. The zero-order valence-electron chi connectivity index (χ0n) is 11.9. The summed E-state index contributed by atoms with van der Waals surface area (Å²) >= 11 is 0. The molecule has 1 saturated carbocycles. The number of anilines is 1. The third-order valence-corrected chi connectivity index (χ3v) is 3.76. The Morgan fingerprint density at radius 1 is 1.17 bits per heavy atom. The molecule has 1 aromatic carbocycles. The van der Waals surface area contributed by atoms with E-state index in [1.807, 2.05) is 0 Å². The summed E-state index contributed by atoms with van der Waals surface area (Å²) < 4.78 is 0. The summed E-state index contributed by atoms with van der Waals surface area (Å²) in [6.45, 7) is 3.38. The van der Waals surface area contributed by atoms with E-state index in [9.17, 15) is 0 Å². The molecule has 2 atom stereocenters. The minimum Gasteiger partial charge on any atom is -0.382 e.